The molecule has 1 aliphatic heterocycles. The van der Waals surface area contributed by atoms with Gasteiger partial charge in [-0.15, -0.1) is 0 Å². The van der Waals surface area contributed by atoms with E-state index in [1.54, 1.807) is 7.11 Å². The molecule has 0 saturated heterocycles. The molecule has 76 valence electrons. The van der Waals surface area contributed by atoms with Crippen LogP contribution in [0.2, 0.25) is 0 Å². The minimum absolute atomic E-state index is 0.189. The maximum absolute atomic E-state index is 9.05. The van der Waals surface area contributed by atoms with E-state index in [2.05, 4.69) is 11.4 Å². The lowest BCUT2D eigenvalue weighted by Gasteiger charge is -2.25. The lowest BCUT2D eigenvalue weighted by atomic mass is 9.98. The molecular weight excluding hydrogens is 178 g/mol. The van der Waals surface area contributed by atoms with Gasteiger partial charge in [-0.2, -0.15) is 0 Å². The molecule has 3 nitrogen and oxygen atoms in total. The van der Waals surface area contributed by atoms with Gasteiger partial charge < -0.3 is 15.2 Å². The van der Waals surface area contributed by atoms with E-state index in [1.807, 2.05) is 12.1 Å². The quantitative estimate of drug-likeness (QED) is 0.746. The van der Waals surface area contributed by atoms with Crippen molar-refractivity contribution in [2.24, 2.45) is 0 Å². The topological polar surface area (TPSA) is 41.5 Å². The van der Waals surface area contributed by atoms with E-state index in [4.69, 9.17) is 9.84 Å². The van der Waals surface area contributed by atoms with Gasteiger partial charge in [0.2, 0.25) is 0 Å². The van der Waals surface area contributed by atoms with Crippen LogP contribution in [0.25, 0.3) is 0 Å². The number of hydrogen-bond donors (Lipinski definition) is 2. The van der Waals surface area contributed by atoms with Crippen molar-refractivity contribution in [3.63, 3.8) is 0 Å². The Kier molecular flexibility index (Phi) is 2.59. The summed E-state index contributed by atoms with van der Waals surface area (Å²) in [5.41, 5.74) is 2.39. The second-order valence-electron chi connectivity index (χ2n) is 3.59. The Morgan fingerprint density at radius 1 is 1.57 bits per heavy atom. The highest BCUT2D eigenvalue weighted by Crippen LogP contribution is 2.28. The molecular formula is C11H15NO2. The first kappa shape index (κ1) is 9.34. The number of aryl methyl sites for hydroxylation is 1. The molecule has 0 bridgehead atoms. The fraction of sp³-hybridized carbons (Fsp3) is 0.455. The van der Waals surface area contributed by atoms with E-state index in [9.17, 15) is 0 Å². The normalized spacial score (nSPS) is 19.7. The van der Waals surface area contributed by atoms with Crippen molar-refractivity contribution < 1.29 is 9.84 Å². The van der Waals surface area contributed by atoms with Crippen molar-refractivity contribution in [3.05, 3.63) is 23.8 Å². The van der Waals surface area contributed by atoms with Crippen LogP contribution < -0.4 is 10.1 Å². The molecule has 0 spiro atoms. The summed E-state index contributed by atoms with van der Waals surface area (Å²) in [6.07, 6.45) is 2.02. The number of aliphatic hydroxyl groups excluding tert-OH is 1. The molecule has 0 saturated carbocycles. The van der Waals surface area contributed by atoms with Crippen LogP contribution in [0.15, 0.2) is 18.2 Å². The third-order valence-corrected chi connectivity index (χ3v) is 2.66. The summed E-state index contributed by atoms with van der Waals surface area (Å²) in [4.78, 5) is 0. The van der Waals surface area contributed by atoms with Crippen molar-refractivity contribution in [2.75, 3.05) is 19.0 Å². The van der Waals surface area contributed by atoms with Gasteiger partial charge >= 0.3 is 0 Å². The standard InChI is InChI=1S/C11H15NO2/c1-14-10-5-3-8-2-4-9(7-13)12-11(8)6-10/h3,5-6,9,12-13H,2,4,7H2,1H3/t9-/m1/s1. The van der Waals surface area contributed by atoms with E-state index in [1.165, 1.54) is 5.56 Å². The Morgan fingerprint density at radius 2 is 2.43 bits per heavy atom. The first-order chi connectivity index (χ1) is 6.83. The van der Waals surface area contributed by atoms with Crippen molar-refractivity contribution >= 4 is 5.69 Å². The van der Waals surface area contributed by atoms with E-state index in [0.29, 0.717) is 0 Å². The van der Waals surface area contributed by atoms with Gasteiger partial charge in [0, 0.05) is 17.8 Å². The Morgan fingerprint density at radius 3 is 3.14 bits per heavy atom. The minimum atomic E-state index is 0.189. The molecule has 0 amide bonds. The third kappa shape index (κ3) is 1.68. The van der Waals surface area contributed by atoms with Crippen molar-refractivity contribution in [1.82, 2.24) is 0 Å². The second-order valence-corrected chi connectivity index (χ2v) is 3.59. The summed E-state index contributed by atoms with van der Waals surface area (Å²) in [6, 6.07) is 6.22. The lowest BCUT2D eigenvalue weighted by Crippen LogP contribution is -2.28. The minimum Gasteiger partial charge on any atom is -0.497 e. The SMILES string of the molecule is COc1ccc2c(c1)N[C@@H](CO)CC2. The molecule has 1 aromatic rings. The number of hydrogen-bond acceptors (Lipinski definition) is 3. The number of rotatable bonds is 2. The Balaban J connectivity index is 2.25. The predicted molar refractivity (Wildman–Crippen MR) is 55.8 cm³/mol. The molecule has 0 radical (unpaired) electrons. The lowest BCUT2D eigenvalue weighted by molar-refractivity contribution is 0.267. The van der Waals surface area contributed by atoms with Gasteiger partial charge in [-0.3, -0.25) is 0 Å². The number of methoxy groups -OCH3 is 1. The molecule has 14 heavy (non-hydrogen) atoms. The first-order valence-electron chi connectivity index (χ1n) is 4.88. The molecule has 0 aliphatic carbocycles. The van der Waals surface area contributed by atoms with Gasteiger partial charge in [0.25, 0.3) is 0 Å². The maximum atomic E-state index is 9.05. The van der Waals surface area contributed by atoms with Crippen LogP contribution >= 0.6 is 0 Å². The van der Waals surface area contributed by atoms with Crippen molar-refractivity contribution in [2.45, 2.75) is 18.9 Å². The van der Waals surface area contributed by atoms with E-state index in [0.717, 1.165) is 24.3 Å². The highest BCUT2D eigenvalue weighted by Gasteiger charge is 2.16. The monoisotopic (exact) mass is 193 g/mol. The van der Waals surface area contributed by atoms with Crippen molar-refractivity contribution in [3.8, 4) is 5.75 Å². The van der Waals surface area contributed by atoms with Crippen LogP contribution in [0.4, 0.5) is 5.69 Å². The Labute approximate surface area is 83.7 Å². The van der Waals surface area contributed by atoms with Crippen molar-refractivity contribution in [1.29, 1.82) is 0 Å². The smallest absolute Gasteiger partial charge is 0.120 e. The zero-order chi connectivity index (χ0) is 9.97. The van der Waals surface area contributed by atoms with E-state index < -0.39 is 0 Å². The number of benzene rings is 1. The zero-order valence-corrected chi connectivity index (χ0v) is 8.29. The fourth-order valence-electron chi connectivity index (χ4n) is 1.79. The molecule has 0 fully saturated rings. The largest absolute Gasteiger partial charge is 0.497 e. The summed E-state index contributed by atoms with van der Waals surface area (Å²) in [5.74, 6) is 0.856. The highest BCUT2D eigenvalue weighted by molar-refractivity contribution is 5.57. The van der Waals surface area contributed by atoms with Gasteiger partial charge in [-0.05, 0) is 24.5 Å². The number of nitrogens with one attached hydrogen (secondary N) is 1. The first-order valence-corrected chi connectivity index (χ1v) is 4.88. The van der Waals surface area contributed by atoms with Crippen LogP contribution in [0.1, 0.15) is 12.0 Å². The Bertz CT molecular complexity index is 325. The predicted octanol–water partition coefficient (Wildman–Crippen LogP) is 1.41. The molecule has 2 rings (SSSR count). The molecule has 1 aliphatic rings. The molecule has 3 heteroatoms. The molecule has 1 atom stereocenters. The van der Waals surface area contributed by atoms with Gasteiger partial charge in [0.1, 0.15) is 5.75 Å². The summed E-state index contributed by atoms with van der Waals surface area (Å²) >= 11 is 0. The fourth-order valence-corrected chi connectivity index (χ4v) is 1.79. The van der Waals surface area contributed by atoms with Crippen LogP contribution in [0.5, 0.6) is 5.75 Å². The second kappa shape index (κ2) is 3.88. The number of fused-ring (bicyclic) bond motifs is 1. The van der Waals surface area contributed by atoms with Crippen LogP contribution in [-0.2, 0) is 6.42 Å². The number of anilines is 1. The third-order valence-electron chi connectivity index (χ3n) is 2.66. The van der Waals surface area contributed by atoms with Gasteiger partial charge in [0.05, 0.1) is 13.7 Å². The summed E-state index contributed by atoms with van der Waals surface area (Å²) < 4.78 is 5.15. The molecule has 1 aromatic carbocycles. The van der Waals surface area contributed by atoms with E-state index in [-0.39, 0.29) is 12.6 Å². The number of aliphatic hydroxyl groups is 1. The van der Waals surface area contributed by atoms with Gasteiger partial charge in [-0.25, -0.2) is 0 Å². The highest BCUT2D eigenvalue weighted by atomic mass is 16.5. The average Bonchev–Trinajstić information content (AvgIpc) is 2.27. The summed E-state index contributed by atoms with van der Waals surface area (Å²) in [5, 5.41) is 12.3. The van der Waals surface area contributed by atoms with Crippen LogP contribution in [-0.4, -0.2) is 24.9 Å². The zero-order valence-electron chi connectivity index (χ0n) is 8.29. The molecule has 0 unspecified atom stereocenters. The van der Waals surface area contributed by atoms with Crippen LogP contribution in [0, 0.1) is 0 Å². The van der Waals surface area contributed by atoms with E-state index >= 15 is 0 Å². The average molecular weight is 193 g/mol. The Hall–Kier alpha value is -1.22. The molecule has 2 N–H and O–H groups in total. The van der Waals surface area contributed by atoms with Gasteiger partial charge in [-0.1, -0.05) is 6.07 Å². The van der Waals surface area contributed by atoms with Gasteiger partial charge in [0.15, 0.2) is 0 Å². The number of ether oxygens (including phenoxy) is 1. The maximum Gasteiger partial charge on any atom is 0.120 e. The van der Waals surface area contributed by atoms with Crippen LogP contribution in [0.3, 0.4) is 0 Å². The summed E-state index contributed by atoms with van der Waals surface area (Å²) in [6.45, 7) is 0.191. The molecule has 0 aromatic heterocycles. The summed E-state index contributed by atoms with van der Waals surface area (Å²) in [7, 11) is 1.66. The molecule has 1 heterocycles.